The average Bonchev–Trinajstić information content (AvgIpc) is 2.73. The normalized spacial score (nSPS) is 12.9. The Morgan fingerprint density at radius 2 is 1.80 bits per heavy atom. The SMILES string of the molecule is Cc1cc(CN)c(C)n1-c1ccc2c(c1)OCCO2.Cl. The quantitative estimate of drug-likeness (QED) is 0.926. The summed E-state index contributed by atoms with van der Waals surface area (Å²) >= 11 is 0. The van der Waals surface area contributed by atoms with Crippen LogP contribution in [0.25, 0.3) is 5.69 Å². The fourth-order valence-corrected chi connectivity index (χ4v) is 2.60. The number of nitrogens with two attached hydrogens (primary N) is 1. The number of hydrogen-bond donors (Lipinski definition) is 1. The minimum absolute atomic E-state index is 0. The van der Waals surface area contributed by atoms with Crippen molar-refractivity contribution >= 4 is 12.4 Å². The first-order valence-corrected chi connectivity index (χ1v) is 6.48. The Morgan fingerprint density at radius 1 is 1.10 bits per heavy atom. The Morgan fingerprint density at radius 3 is 2.45 bits per heavy atom. The van der Waals surface area contributed by atoms with E-state index >= 15 is 0 Å². The zero-order valence-corrected chi connectivity index (χ0v) is 12.5. The van der Waals surface area contributed by atoms with Gasteiger partial charge in [-0.1, -0.05) is 0 Å². The molecule has 0 saturated carbocycles. The first kappa shape index (κ1) is 14.8. The molecule has 0 unspecified atom stereocenters. The van der Waals surface area contributed by atoms with Crippen LogP contribution in [0, 0.1) is 13.8 Å². The van der Waals surface area contributed by atoms with E-state index in [4.69, 9.17) is 15.2 Å². The summed E-state index contributed by atoms with van der Waals surface area (Å²) in [5.74, 6) is 1.63. The Balaban J connectivity index is 0.00000147. The molecule has 4 nitrogen and oxygen atoms in total. The zero-order valence-electron chi connectivity index (χ0n) is 11.7. The molecule has 0 spiro atoms. The molecule has 0 atom stereocenters. The van der Waals surface area contributed by atoms with Crippen LogP contribution in [0.3, 0.4) is 0 Å². The second-order valence-corrected chi connectivity index (χ2v) is 4.76. The van der Waals surface area contributed by atoms with Gasteiger partial charge in [0.25, 0.3) is 0 Å². The summed E-state index contributed by atoms with van der Waals surface area (Å²) in [5.41, 5.74) is 10.4. The molecular weight excluding hydrogens is 276 g/mol. The number of nitrogens with zero attached hydrogens (tertiary/aromatic N) is 1. The van der Waals surface area contributed by atoms with Gasteiger partial charge in [0.2, 0.25) is 0 Å². The topological polar surface area (TPSA) is 49.4 Å². The van der Waals surface area contributed by atoms with Crippen molar-refractivity contribution in [2.45, 2.75) is 20.4 Å². The molecule has 1 aliphatic rings. The van der Waals surface area contributed by atoms with E-state index in [0.717, 1.165) is 17.2 Å². The third-order valence-corrected chi connectivity index (χ3v) is 3.54. The summed E-state index contributed by atoms with van der Waals surface area (Å²) in [6.07, 6.45) is 0. The van der Waals surface area contributed by atoms with Crippen molar-refractivity contribution in [2.24, 2.45) is 5.73 Å². The van der Waals surface area contributed by atoms with E-state index in [1.807, 2.05) is 18.2 Å². The molecule has 3 rings (SSSR count). The van der Waals surface area contributed by atoms with Gasteiger partial charge < -0.3 is 19.8 Å². The number of fused-ring (bicyclic) bond motifs is 1. The van der Waals surface area contributed by atoms with Crippen LogP contribution in [0.2, 0.25) is 0 Å². The molecule has 1 aliphatic heterocycles. The lowest BCUT2D eigenvalue weighted by molar-refractivity contribution is 0.171. The molecule has 0 aliphatic carbocycles. The minimum Gasteiger partial charge on any atom is -0.486 e. The first-order chi connectivity index (χ1) is 9.20. The molecule has 2 N–H and O–H groups in total. The van der Waals surface area contributed by atoms with E-state index < -0.39 is 0 Å². The Hall–Kier alpha value is -1.65. The minimum atomic E-state index is 0. The van der Waals surface area contributed by atoms with Crippen molar-refractivity contribution < 1.29 is 9.47 Å². The second kappa shape index (κ2) is 5.77. The summed E-state index contributed by atoms with van der Waals surface area (Å²) in [5, 5.41) is 0. The highest BCUT2D eigenvalue weighted by Gasteiger charge is 2.15. The Labute approximate surface area is 124 Å². The summed E-state index contributed by atoms with van der Waals surface area (Å²) in [7, 11) is 0. The van der Waals surface area contributed by atoms with Crippen LogP contribution in [0.4, 0.5) is 0 Å². The molecule has 108 valence electrons. The van der Waals surface area contributed by atoms with Gasteiger partial charge in [0.15, 0.2) is 11.5 Å². The number of aryl methyl sites for hydroxylation is 1. The van der Waals surface area contributed by atoms with Crippen LogP contribution in [0.1, 0.15) is 17.0 Å². The number of halogens is 1. The van der Waals surface area contributed by atoms with E-state index in [0.29, 0.717) is 19.8 Å². The van der Waals surface area contributed by atoms with Gasteiger partial charge in [-0.2, -0.15) is 0 Å². The molecule has 0 saturated heterocycles. The largest absolute Gasteiger partial charge is 0.486 e. The number of ether oxygens (including phenoxy) is 2. The maximum atomic E-state index is 5.76. The number of aromatic nitrogens is 1. The van der Waals surface area contributed by atoms with E-state index in [1.54, 1.807) is 0 Å². The summed E-state index contributed by atoms with van der Waals surface area (Å²) < 4.78 is 13.4. The third kappa shape index (κ3) is 2.37. The van der Waals surface area contributed by atoms with Crippen LogP contribution >= 0.6 is 12.4 Å². The fourth-order valence-electron chi connectivity index (χ4n) is 2.60. The lowest BCUT2D eigenvalue weighted by Crippen LogP contribution is -2.15. The standard InChI is InChI=1S/C15H18N2O2.ClH/c1-10-7-12(9-16)11(2)17(10)13-3-4-14-15(8-13)19-6-5-18-14;/h3-4,7-8H,5-6,9,16H2,1-2H3;1H. The first-order valence-electron chi connectivity index (χ1n) is 6.48. The van der Waals surface area contributed by atoms with Gasteiger partial charge in [-0.3, -0.25) is 0 Å². The van der Waals surface area contributed by atoms with Crippen molar-refractivity contribution in [1.29, 1.82) is 0 Å². The molecule has 0 fully saturated rings. The molecule has 2 heterocycles. The molecule has 0 amide bonds. The number of rotatable bonds is 2. The fraction of sp³-hybridized carbons (Fsp3) is 0.333. The van der Waals surface area contributed by atoms with Gasteiger partial charge in [0.1, 0.15) is 13.2 Å². The van der Waals surface area contributed by atoms with Gasteiger partial charge >= 0.3 is 0 Å². The van der Waals surface area contributed by atoms with E-state index in [-0.39, 0.29) is 12.4 Å². The van der Waals surface area contributed by atoms with Crippen molar-refractivity contribution in [3.05, 3.63) is 41.2 Å². The summed E-state index contributed by atoms with van der Waals surface area (Å²) in [6, 6.07) is 8.17. The Kier molecular flexibility index (Phi) is 4.26. The van der Waals surface area contributed by atoms with Crippen molar-refractivity contribution in [1.82, 2.24) is 4.57 Å². The molecule has 2 aromatic rings. The summed E-state index contributed by atoms with van der Waals surface area (Å²) in [6.45, 7) is 5.96. The predicted octanol–water partition coefficient (Wildman–Crippen LogP) is 2.75. The summed E-state index contributed by atoms with van der Waals surface area (Å²) in [4.78, 5) is 0. The van der Waals surface area contributed by atoms with Crippen LogP contribution in [0.15, 0.2) is 24.3 Å². The number of hydrogen-bond acceptors (Lipinski definition) is 3. The Bertz CT molecular complexity index is 623. The molecule has 20 heavy (non-hydrogen) atoms. The van der Waals surface area contributed by atoms with E-state index in [2.05, 4.69) is 24.5 Å². The van der Waals surface area contributed by atoms with Crippen LogP contribution in [-0.4, -0.2) is 17.8 Å². The smallest absolute Gasteiger partial charge is 0.163 e. The van der Waals surface area contributed by atoms with E-state index in [1.165, 1.54) is 17.0 Å². The van der Waals surface area contributed by atoms with Gasteiger partial charge in [0, 0.05) is 29.7 Å². The molecule has 5 heteroatoms. The lowest BCUT2D eigenvalue weighted by atomic mass is 10.2. The maximum Gasteiger partial charge on any atom is 0.163 e. The monoisotopic (exact) mass is 294 g/mol. The van der Waals surface area contributed by atoms with Gasteiger partial charge in [0.05, 0.1) is 0 Å². The highest BCUT2D eigenvalue weighted by molar-refractivity contribution is 5.85. The number of benzene rings is 1. The van der Waals surface area contributed by atoms with Crippen LogP contribution in [0.5, 0.6) is 11.5 Å². The maximum absolute atomic E-state index is 5.76. The van der Waals surface area contributed by atoms with E-state index in [9.17, 15) is 0 Å². The third-order valence-electron chi connectivity index (χ3n) is 3.54. The lowest BCUT2D eigenvalue weighted by Gasteiger charge is -2.20. The van der Waals surface area contributed by atoms with Crippen molar-refractivity contribution in [3.63, 3.8) is 0 Å². The van der Waals surface area contributed by atoms with Crippen LogP contribution in [-0.2, 0) is 6.54 Å². The average molecular weight is 295 g/mol. The van der Waals surface area contributed by atoms with Crippen molar-refractivity contribution in [3.8, 4) is 17.2 Å². The highest BCUT2D eigenvalue weighted by Crippen LogP contribution is 2.33. The molecule has 1 aromatic carbocycles. The van der Waals surface area contributed by atoms with Crippen molar-refractivity contribution in [2.75, 3.05) is 13.2 Å². The van der Waals surface area contributed by atoms with Gasteiger partial charge in [-0.05, 0) is 37.6 Å². The van der Waals surface area contributed by atoms with Gasteiger partial charge in [-0.15, -0.1) is 12.4 Å². The van der Waals surface area contributed by atoms with Gasteiger partial charge in [-0.25, -0.2) is 0 Å². The molecule has 1 aromatic heterocycles. The molecular formula is C15H19ClN2O2. The van der Waals surface area contributed by atoms with Crippen LogP contribution < -0.4 is 15.2 Å². The second-order valence-electron chi connectivity index (χ2n) is 4.76. The predicted molar refractivity (Wildman–Crippen MR) is 81.4 cm³/mol. The molecule has 0 bridgehead atoms. The molecule has 0 radical (unpaired) electrons. The zero-order chi connectivity index (χ0) is 13.4. The highest BCUT2D eigenvalue weighted by atomic mass is 35.5.